The number of para-hydroxylation sites is 2. The quantitative estimate of drug-likeness (QED) is 0.669. The zero-order chi connectivity index (χ0) is 17.5. The summed E-state index contributed by atoms with van der Waals surface area (Å²) >= 11 is 0. The molecule has 0 aliphatic rings. The van der Waals surface area contributed by atoms with Crippen molar-refractivity contribution in [3.8, 4) is 0 Å². The van der Waals surface area contributed by atoms with Crippen LogP contribution in [-0.4, -0.2) is 15.5 Å². The van der Waals surface area contributed by atoms with Crippen LogP contribution >= 0.6 is 0 Å². The van der Waals surface area contributed by atoms with Gasteiger partial charge in [0.2, 0.25) is 5.91 Å². The topological polar surface area (TPSA) is 46.9 Å². The van der Waals surface area contributed by atoms with Crippen molar-refractivity contribution >= 4 is 16.9 Å². The SMILES string of the molecule is CCCCCn1c(C(C)NC(=O)C(CC)CC)nc2ccccc21. The first-order chi connectivity index (χ1) is 11.6. The molecule has 1 aromatic heterocycles. The first-order valence-corrected chi connectivity index (χ1v) is 9.37. The second-order valence-electron chi connectivity index (χ2n) is 6.56. The lowest BCUT2D eigenvalue weighted by atomic mass is 10.0. The average molecular weight is 329 g/mol. The number of carbonyl (C=O) groups excluding carboxylic acids is 1. The molecule has 0 radical (unpaired) electrons. The lowest BCUT2D eigenvalue weighted by Crippen LogP contribution is -2.33. The van der Waals surface area contributed by atoms with Crippen LogP contribution in [0.2, 0.25) is 0 Å². The van der Waals surface area contributed by atoms with Gasteiger partial charge in [-0.25, -0.2) is 4.98 Å². The van der Waals surface area contributed by atoms with E-state index >= 15 is 0 Å². The van der Waals surface area contributed by atoms with Gasteiger partial charge in [0.15, 0.2) is 0 Å². The van der Waals surface area contributed by atoms with Crippen molar-refractivity contribution in [3.05, 3.63) is 30.1 Å². The van der Waals surface area contributed by atoms with Crippen molar-refractivity contribution < 1.29 is 4.79 Å². The highest BCUT2D eigenvalue weighted by atomic mass is 16.1. The standard InChI is InChI=1S/C20H31N3O/c1-5-8-11-14-23-18-13-10-9-12-17(18)22-19(23)15(4)21-20(24)16(6-2)7-3/h9-10,12-13,15-16H,5-8,11,14H2,1-4H3,(H,21,24). The van der Waals surface area contributed by atoms with E-state index in [2.05, 4.69) is 42.8 Å². The van der Waals surface area contributed by atoms with Gasteiger partial charge in [0, 0.05) is 12.5 Å². The fraction of sp³-hybridized carbons (Fsp3) is 0.600. The summed E-state index contributed by atoms with van der Waals surface area (Å²) in [4.78, 5) is 17.2. The van der Waals surface area contributed by atoms with Gasteiger partial charge in [0.25, 0.3) is 0 Å². The first-order valence-electron chi connectivity index (χ1n) is 9.37. The molecule has 1 heterocycles. The van der Waals surface area contributed by atoms with Gasteiger partial charge in [-0.05, 0) is 38.3 Å². The van der Waals surface area contributed by atoms with Crippen LogP contribution in [0, 0.1) is 5.92 Å². The summed E-state index contributed by atoms with van der Waals surface area (Å²) in [5.74, 6) is 1.19. The van der Waals surface area contributed by atoms with Gasteiger partial charge in [0.1, 0.15) is 5.82 Å². The molecule has 0 aliphatic heterocycles. The van der Waals surface area contributed by atoms with Crippen LogP contribution in [-0.2, 0) is 11.3 Å². The molecular formula is C20H31N3O. The zero-order valence-electron chi connectivity index (χ0n) is 15.5. The Labute approximate surface area is 145 Å². The lowest BCUT2D eigenvalue weighted by molar-refractivity contribution is -0.125. The summed E-state index contributed by atoms with van der Waals surface area (Å²) in [6.07, 6.45) is 5.30. The monoisotopic (exact) mass is 329 g/mol. The minimum absolute atomic E-state index is 0.0767. The third-order valence-corrected chi connectivity index (χ3v) is 4.77. The van der Waals surface area contributed by atoms with Crippen LogP contribution in [0.3, 0.4) is 0 Å². The molecule has 0 saturated carbocycles. The molecule has 24 heavy (non-hydrogen) atoms. The number of nitrogens with zero attached hydrogens (tertiary/aromatic N) is 2. The number of unbranched alkanes of at least 4 members (excludes halogenated alkanes) is 2. The summed E-state index contributed by atoms with van der Waals surface area (Å²) in [6.45, 7) is 9.34. The van der Waals surface area contributed by atoms with E-state index in [0.29, 0.717) is 0 Å². The number of aromatic nitrogens is 2. The molecule has 1 unspecified atom stereocenters. The third-order valence-electron chi connectivity index (χ3n) is 4.77. The van der Waals surface area contributed by atoms with Gasteiger partial charge in [-0.1, -0.05) is 45.7 Å². The maximum Gasteiger partial charge on any atom is 0.223 e. The molecule has 4 nitrogen and oxygen atoms in total. The van der Waals surface area contributed by atoms with E-state index in [1.54, 1.807) is 0 Å². The molecule has 1 aromatic carbocycles. The number of rotatable bonds is 9. The normalized spacial score (nSPS) is 12.7. The van der Waals surface area contributed by atoms with E-state index in [4.69, 9.17) is 4.98 Å². The Kier molecular flexibility index (Phi) is 6.83. The number of benzene rings is 1. The molecule has 1 atom stereocenters. The van der Waals surface area contributed by atoms with Gasteiger partial charge in [-0.15, -0.1) is 0 Å². The van der Waals surface area contributed by atoms with Crippen molar-refractivity contribution in [2.24, 2.45) is 5.92 Å². The van der Waals surface area contributed by atoms with Crippen LogP contribution in [0.5, 0.6) is 0 Å². The summed E-state index contributed by atoms with van der Waals surface area (Å²) in [7, 11) is 0. The van der Waals surface area contributed by atoms with Crippen LogP contribution in [0.4, 0.5) is 0 Å². The zero-order valence-corrected chi connectivity index (χ0v) is 15.5. The van der Waals surface area contributed by atoms with Crippen molar-refractivity contribution in [1.29, 1.82) is 0 Å². The molecule has 0 saturated heterocycles. The molecule has 2 aromatic rings. The molecule has 0 spiro atoms. The second-order valence-corrected chi connectivity index (χ2v) is 6.56. The first kappa shape index (κ1) is 18.5. The van der Waals surface area contributed by atoms with Crippen LogP contribution < -0.4 is 5.32 Å². The molecule has 0 fully saturated rings. The van der Waals surface area contributed by atoms with Crippen LogP contribution in [0.1, 0.15) is 71.7 Å². The van der Waals surface area contributed by atoms with E-state index in [0.717, 1.165) is 42.7 Å². The Morgan fingerprint density at radius 1 is 1.17 bits per heavy atom. The van der Waals surface area contributed by atoms with E-state index in [1.165, 1.54) is 12.8 Å². The lowest BCUT2D eigenvalue weighted by Gasteiger charge is -2.19. The van der Waals surface area contributed by atoms with Gasteiger partial charge < -0.3 is 9.88 Å². The highest BCUT2D eigenvalue weighted by Gasteiger charge is 2.21. The molecular weight excluding hydrogens is 298 g/mol. The molecule has 0 aliphatic carbocycles. The van der Waals surface area contributed by atoms with Crippen molar-refractivity contribution in [1.82, 2.24) is 14.9 Å². The van der Waals surface area contributed by atoms with E-state index in [9.17, 15) is 4.79 Å². The minimum atomic E-state index is -0.0767. The summed E-state index contributed by atoms with van der Waals surface area (Å²) in [6, 6.07) is 8.16. The highest BCUT2D eigenvalue weighted by molar-refractivity contribution is 5.79. The fourth-order valence-corrected chi connectivity index (χ4v) is 3.23. The predicted molar refractivity (Wildman–Crippen MR) is 99.9 cm³/mol. The largest absolute Gasteiger partial charge is 0.346 e. The number of imidazole rings is 1. The average Bonchev–Trinajstić information content (AvgIpc) is 2.95. The van der Waals surface area contributed by atoms with Gasteiger partial charge in [-0.3, -0.25) is 4.79 Å². The number of hydrogen-bond acceptors (Lipinski definition) is 2. The second kappa shape index (κ2) is 8.86. The molecule has 1 amide bonds. The Morgan fingerprint density at radius 2 is 1.88 bits per heavy atom. The highest BCUT2D eigenvalue weighted by Crippen LogP contribution is 2.22. The maximum atomic E-state index is 12.4. The summed E-state index contributed by atoms with van der Waals surface area (Å²) in [5.41, 5.74) is 2.17. The fourth-order valence-electron chi connectivity index (χ4n) is 3.23. The van der Waals surface area contributed by atoms with Crippen molar-refractivity contribution in [2.45, 2.75) is 72.4 Å². The third kappa shape index (κ3) is 4.16. The minimum Gasteiger partial charge on any atom is -0.346 e. The Balaban J connectivity index is 2.25. The Bertz CT molecular complexity index is 658. The smallest absolute Gasteiger partial charge is 0.223 e. The molecule has 132 valence electrons. The summed E-state index contributed by atoms with van der Waals surface area (Å²) < 4.78 is 2.28. The van der Waals surface area contributed by atoms with Gasteiger partial charge in [-0.2, -0.15) is 0 Å². The number of amides is 1. The summed E-state index contributed by atoms with van der Waals surface area (Å²) in [5, 5.41) is 3.17. The Hall–Kier alpha value is -1.84. The van der Waals surface area contributed by atoms with Gasteiger partial charge in [0.05, 0.1) is 17.1 Å². The predicted octanol–water partition coefficient (Wildman–Crippen LogP) is 4.84. The van der Waals surface area contributed by atoms with E-state index in [1.807, 2.05) is 19.1 Å². The van der Waals surface area contributed by atoms with Crippen molar-refractivity contribution in [2.75, 3.05) is 0 Å². The molecule has 4 heteroatoms. The molecule has 1 N–H and O–H groups in total. The van der Waals surface area contributed by atoms with Crippen molar-refractivity contribution in [3.63, 3.8) is 0 Å². The number of fused-ring (bicyclic) bond motifs is 1. The number of nitrogens with one attached hydrogen (secondary N) is 1. The molecule has 0 bridgehead atoms. The van der Waals surface area contributed by atoms with Crippen LogP contribution in [0.25, 0.3) is 11.0 Å². The van der Waals surface area contributed by atoms with Gasteiger partial charge >= 0.3 is 0 Å². The maximum absolute atomic E-state index is 12.4. The number of aryl methyl sites for hydroxylation is 1. The van der Waals surface area contributed by atoms with Crippen LogP contribution in [0.15, 0.2) is 24.3 Å². The Morgan fingerprint density at radius 3 is 2.54 bits per heavy atom. The van der Waals surface area contributed by atoms with E-state index in [-0.39, 0.29) is 17.9 Å². The molecule has 2 rings (SSSR count). The number of hydrogen-bond donors (Lipinski definition) is 1. The van der Waals surface area contributed by atoms with E-state index < -0.39 is 0 Å². The number of carbonyl (C=O) groups is 1.